The lowest BCUT2D eigenvalue weighted by molar-refractivity contribution is -0.134. The quantitative estimate of drug-likeness (QED) is 0.822. The van der Waals surface area contributed by atoms with Crippen molar-refractivity contribution in [3.63, 3.8) is 0 Å². The number of benzene rings is 1. The van der Waals surface area contributed by atoms with E-state index in [9.17, 15) is 9.59 Å². The summed E-state index contributed by atoms with van der Waals surface area (Å²) < 4.78 is 0. The lowest BCUT2D eigenvalue weighted by atomic mass is 10.1. The van der Waals surface area contributed by atoms with Gasteiger partial charge >= 0.3 is 0 Å². The van der Waals surface area contributed by atoms with Gasteiger partial charge in [-0.3, -0.25) is 9.59 Å². The van der Waals surface area contributed by atoms with E-state index in [0.29, 0.717) is 13.0 Å². The second-order valence-corrected chi connectivity index (χ2v) is 7.74. The first-order valence-electron chi connectivity index (χ1n) is 9.74. The average molecular weight is 356 g/mol. The molecule has 26 heavy (non-hydrogen) atoms. The van der Waals surface area contributed by atoms with Crippen LogP contribution in [0.4, 0.5) is 11.4 Å². The van der Waals surface area contributed by atoms with Gasteiger partial charge in [0.1, 0.15) is 0 Å². The molecule has 3 saturated heterocycles. The Morgan fingerprint density at radius 1 is 0.923 bits per heavy atom. The van der Waals surface area contributed by atoms with Gasteiger partial charge in [-0.1, -0.05) is 0 Å². The molecular weight excluding hydrogens is 328 g/mol. The maximum Gasteiger partial charge on any atom is 0.228 e. The van der Waals surface area contributed by atoms with Gasteiger partial charge in [-0.05, 0) is 44.2 Å². The van der Waals surface area contributed by atoms with E-state index in [-0.39, 0.29) is 17.7 Å². The van der Waals surface area contributed by atoms with E-state index in [4.69, 9.17) is 0 Å². The van der Waals surface area contributed by atoms with Crippen LogP contribution in [-0.2, 0) is 9.59 Å². The highest BCUT2D eigenvalue weighted by Gasteiger charge is 2.37. The van der Waals surface area contributed by atoms with Crippen LogP contribution in [0.1, 0.15) is 19.3 Å². The molecule has 0 aromatic heterocycles. The minimum atomic E-state index is -0.182. The summed E-state index contributed by atoms with van der Waals surface area (Å²) in [6.07, 6.45) is 2.52. The molecule has 3 aliphatic rings. The number of nitrogens with zero attached hydrogens (tertiary/aromatic N) is 4. The van der Waals surface area contributed by atoms with Gasteiger partial charge in [0.2, 0.25) is 11.8 Å². The topological polar surface area (TPSA) is 47.1 Å². The molecule has 0 saturated carbocycles. The van der Waals surface area contributed by atoms with Gasteiger partial charge in [0.05, 0.1) is 5.92 Å². The molecule has 0 N–H and O–H groups in total. The first kappa shape index (κ1) is 17.3. The van der Waals surface area contributed by atoms with E-state index < -0.39 is 0 Å². The summed E-state index contributed by atoms with van der Waals surface area (Å²) in [6.45, 7) is 6.43. The van der Waals surface area contributed by atoms with E-state index in [1.807, 2.05) is 17.0 Å². The molecule has 0 radical (unpaired) electrons. The number of rotatable bonds is 3. The van der Waals surface area contributed by atoms with Crippen molar-refractivity contribution in [2.24, 2.45) is 5.92 Å². The molecule has 140 valence electrons. The number of piperazine rings is 1. The zero-order valence-corrected chi connectivity index (χ0v) is 15.6. The highest BCUT2D eigenvalue weighted by atomic mass is 16.2. The molecule has 6 nitrogen and oxygen atoms in total. The van der Waals surface area contributed by atoms with Crippen molar-refractivity contribution in [2.75, 3.05) is 62.7 Å². The van der Waals surface area contributed by atoms with Crippen LogP contribution in [0.15, 0.2) is 24.3 Å². The molecule has 2 amide bonds. The van der Waals surface area contributed by atoms with Crippen molar-refractivity contribution in [3.05, 3.63) is 24.3 Å². The number of anilines is 2. The number of likely N-dealkylation sites (N-methyl/N-ethyl adjacent to an activating group) is 1. The molecule has 3 fully saturated rings. The number of carbonyl (C=O) groups excluding carboxylic acids is 2. The number of amides is 2. The molecule has 3 aliphatic heterocycles. The van der Waals surface area contributed by atoms with Crippen molar-refractivity contribution in [1.29, 1.82) is 0 Å². The fraction of sp³-hybridized carbons (Fsp3) is 0.600. The molecule has 0 spiro atoms. The number of carbonyl (C=O) groups is 2. The average Bonchev–Trinajstić information content (AvgIpc) is 3.32. The van der Waals surface area contributed by atoms with Crippen molar-refractivity contribution >= 4 is 23.2 Å². The number of hydrogen-bond acceptors (Lipinski definition) is 4. The number of hydrogen-bond donors (Lipinski definition) is 0. The SMILES string of the molecule is CN1CCN(c2ccc(N3CC(C(=O)N4CCCC4)CC3=O)cc2)CC1. The third kappa shape index (κ3) is 3.43. The predicted molar refractivity (Wildman–Crippen MR) is 102 cm³/mol. The molecule has 0 aliphatic carbocycles. The van der Waals surface area contributed by atoms with E-state index >= 15 is 0 Å². The van der Waals surface area contributed by atoms with Crippen LogP contribution >= 0.6 is 0 Å². The van der Waals surface area contributed by atoms with Crippen LogP contribution in [0.3, 0.4) is 0 Å². The van der Waals surface area contributed by atoms with Gasteiger partial charge < -0.3 is 19.6 Å². The summed E-state index contributed by atoms with van der Waals surface area (Å²) >= 11 is 0. The van der Waals surface area contributed by atoms with E-state index in [2.05, 4.69) is 29.0 Å². The molecular formula is C20H28N4O2. The largest absolute Gasteiger partial charge is 0.369 e. The maximum atomic E-state index is 12.6. The highest BCUT2D eigenvalue weighted by Crippen LogP contribution is 2.29. The lowest BCUT2D eigenvalue weighted by Gasteiger charge is -2.34. The number of likely N-dealkylation sites (tertiary alicyclic amines) is 1. The third-order valence-electron chi connectivity index (χ3n) is 5.92. The molecule has 1 unspecified atom stereocenters. The molecule has 1 aromatic carbocycles. The molecule has 0 bridgehead atoms. The lowest BCUT2D eigenvalue weighted by Crippen LogP contribution is -2.44. The Bertz CT molecular complexity index is 661. The van der Waals surface area contributed by atoms with E-state index in [1.165, 1.54) is 5.69 Å². The normalized spacial score (nSPS) is 24.6. The first-order chi connectivity index (χ1) is 12.6. The Balaban J connectivity index is 1.41. The fourth-order valence-electron chi connectivity index (χ4n) is 4.23. The maximum absolute atomic E-state index is 12.6. The van der Waals surface area contributed by atoms with Crippen molar-refractivity contribution in [3.8, 4) is 0 Å². The van der Waals surface area contributed by atoms with E-state index in [1.54, 1.807) is 4.90 Å². The fourth-order valence-corrected chi connectivity index (χ4v) is 4.23. The van der Waals surface area contributed by atoms with Gasteiger partial charge in [0, 0.05) is 63.6 Å². The second kappa shape index (κ2) is 7.27. The van der Waals surface area contributed by atoms with Crippen LogP contribution in [0.25, 0.3) is 0 Å². The monoisotopic (exact) mass is 356 g/mol. The zero-order valence-electron chi connectivity index (χ0n) is 15.6. The summed E-state index contributed by atoms with van der Waals surface area (Å²) in [4.78, 5) is 33.5. The minimum absolute atomic E-state index is 0.0647. The zero-order chi connectivity index (χ0) is 18.1. The minimum Gasteiger partial charge on any atom is -0.369 e. The molecule has 4 rings (SSSR count). The van der Waals surface area contributed by atoms with Gasteiger partial charge in [-0.25, -0.2) is 0 Å². The summed E-state index contributed by atoms with van der Waals surface area (Å²) in [6, 6.07) is 8.25. The molecule has 1 aromatic rings. The Hall–Kier alpha value is -2.08. The van der Waals surface area contributed by atoms with Gasteiger partial charge in [0.15, 0.2) is 0 Å². The van der Waals surface area contributed by atoms with Crippen molar-refractivity contribution < 1.29 is 9.59 Å². The molecule has 6 heteroatoms. The van der Waals surface area contributed by atoms with Crippen molar-refractivity contribution in [1.82, 2.24) is 9.80 Å². The van der Waals surface area contributed by atoms with Crippen molar-refractivity contribution in [2.45, 2.75) is 19.3 Å². The second-order valence-electron chi connectivity index (χ2n) is 7.74. The summed E-state index contributed by atoms with van der Waals surface area (Å²) in [7, 11) is 2.15. The van der Waals surface area contributed by atoms with Crippen LogP contribution in [0.5, 0.6) is 0 Å². The van der Waals surface area contributed by atoms with Crippen LogP contribution in [0.2, 0.25) is 0 Å². The smallest absolute Gasteiger partial charge is 0.228 e. The Labute approximate surface area is 155 Å². The predicted octanol–water partition coefficient (Wildman–Crippen LogP) is 1.41. The highest BCUT2D eigenvalue weighted by molar-refractivity contribution is 6.00. The van der Waals surface area contributed by atoms with E-state index in [0.717, 1.165) is 57.8 Å². The molecule has 1 atom stereocenters. The van der Waals surface area contributed by atoms with Crippen LogP contribution in [-0.4, -0.2) is 74.5 Å². The summed E-state index contributed by atoms with van der Waals surface area (Å²) in [5, 5.41) is 0. The Morgan fingerprint density at radius 3 is 2.19 bits per heavy atom. The van der Waals surface area contributed by atoms with Gasteiger partial charge in [-0.2, -0.15) is 0 Å². The third-order valence-corrected chi connectivity index (χ3v) is 5.92. The van der Waals surface area contributed by atoms with Gasteiger partial charge in [0.25, 0.3) is 0 Å². The first-order valence-corrected chi connectivity index (χ1v) is 9.74. The Kier molecular flexibility index (Phi) is 4.85. The van der Waals surface area contributed by atoms with Crippen LogP contribution < -0.4 is 9.80 Å². The summed E-state index contributed by atoms with van der Waals surface area (Å²) in [5.74, 6) is 0.0419. The standard InChI is InChI=1S/C20H28N4O2/c1-21-10-12-22(13-11-21)17-4-6-18(7-5-17)24-15-16(14-19(24)25)20(26)23-8-2-3-9-23/h4-7,16H,2-3,8-15H2,1H3. The molecule has 3 heterocycles. The van der Waals surface area contributed by atoms with Crippen LogP contribution in [0, 0.1) is 5.92 Å². The Morgan fingerprint density at radius 2 is 1.54 bits per heavy atom. The summed E-state index contributed by atoms with van der Waals surface area (Å²) in [5.41, 5.74) is 2.11. The van der Waals surface area contributed by atoms with Gasteiger partial charge in [-0.15, -0.1) is 0 Å².